The highest BCUT2D eigenvalue weighted by molar-refractivity contribution is 5.81. The number of hydrogen-bond acceptors (Lipinski definition) is 4. The topological polar surface area (TPSA) is 73.0 Å². The lowest BCUT2D eigenvalue weighted by Gasteiger charge is -2.30. The molecule has 2 aliphatic rings. The Morgan fingerprint density at radius 2 is 2.03 bits per heavy atom. The van der Waals surface area contributed by atoms with Crippen LogP contribution >= 0.6 is 0 Å². The van der Waals surface area contributed by atoms with Crippen LogP contribution < -0.4 is 5.69 Å². The van der Waals surface area contributed by atoms with Gasteiger partial charge in [0.05, 0.1) is 13.1 Å². The fraction of sp³-hybridized carbons (Fsp3) is 0.579. The first-order valence-electron chi connectivity index (χ1n) is 9.93. The van der Waals surface area contributed by atoms with Crippen molar-refractivity contribution < 1.29 is 31.1 Å². The second kappa shape index (κ2) is 7.62. The largest absolute Gasteiger partial charge is 0.436 e. The van der Waals surface area contributed by atoms with Crippen LogP contribution in [-0.4, -0.2) is 49.2 Å². The van der Waals surface area contributed by atoms with E-state index in [4.69, 9.17) is 0 Å². The fourth-order valence-electron chi connectivity index (χ4n) is 4.21. The summed E-state index contributed by atoms with van der Waals surface area (Å²) in [5.74, 6) is -5.14. The molecule has 13 heteroatoms. The summed E-state index contributed by atoms with van der Waals surface area (Å²) in [5.41, 5.74) is -2.97. The predicted molar refractivity (Wildman–Crippen MR) is 97.5 cm³/mol. The van der Waals surface area contributed by atoms with Gasteiger partial charge in [-0.3, -0.25) is 9.36 Å². The van der Waals surface area contributed by atoms with Gasteiger partial charge in [-0.15, -0.1) is 0 Å². The Bertz CT molecular complexity index is 1110. The van der Waals surface area contributed by atoms with Crippen LogP contribution in [0.3, 0.4) is 0 Å². The SMILES string of the molecule is CC1Cc2nn(Cc3ccnc(C(F)(F)F)c3F)c(=O)n2C(C(=O)N2CCC(F)(F)C2)C1. The molecule has 1 fully saturated rings. The Labute approximate surface area is 177 Å². The number of fused-ring (bicyclic) bond motifs is 1. The van der Waals surface area contributed by atoms with E-state index in [1.165, 1.54) is 0 Å². The quantitative estimate of drug-likeness (QED) is 0.657. The highest BCUT2D eigenvalue weighted by atomic mass is 19.4. The van der Waals surface area contributed by atoms with E-state index >= 15 is 0 Å². The maximum Gasteiger partial charge on any atom is 0.436 e. The summed E-state index contributed by atoms with van der Waals surface area (Å²) in [6.45, 7) is 0.326. The zero-order valence-corrected chi connectivity index (χ0v) is 16.9. The molecular weight excluding hydrogens is 444 g/mol. The number of amides is 1. The molecule has 0 saturated carbocycles. The molecule has 32 heavy (non-hydrogen) atoms. The number of carbonyl (C=O) groups excluding carboxylic acids is 1. The highest BCUT2D eigenvalue weighted by Gasteiger charge is 2.44. The van der Waals surface area contributed by atoms with Crippen molar-refractivity contribution >= 4 is 5.91 Å². The molecule has 0 bridgehead atoms. The van der Waals surface area contributed by atoms with Crippen LogP contribution in [0.4, 0.5) is 26.3 Å². The Hall–Kier alpha value is -2.86. The van der Waals surface area contributed by atoms with E-state index in [1.54, 1.807) is 0 Å². The molecule has 0 radical (unpaired) electrons. The first-order valence-corrected chi connectivity index (χ1v) is 9.93. The van der Waals surface area contributed by atoms with Gasteiger partial charge in [-0.25, -0.2) is 27.6 Å². The third-order valence-electron chi connectivity index (χ3n) is 5.73. The number of rotatable bonds is 3. The van der Waals surface area contributed by atoms with Crippen LogP contribution in [-0.2, 0) is 23.9 Å². The lowest BCUT2D eigenvalue weighted by atomic mass is 9.93. The molecule has 2 aromatic rings. The number of aromatic nitrogens is 4. The van der Waals surface area contributed by atoms with E-state index in [9.17, 15) is 35.9 Å². The number of alkyl halides is 5. The van der Waals surface area contributed by atoms with Gasteiger partial charge in [0.2, 0.25) is 5.91 Å². The van der Waals surface area contributed by atoms with Crippen molar-refractivity contribution in [3.05, 3.63) is 45.6 Å². The number of nitrogens with zero attached hydrogens (tertiary/aromatic N) is 5. The van der Waals surface area contributed by atoms with Gasteiger partial charge in [0.1, 0.15) is 11.9 Å². The maximum absolute atomic E-state index is 14.3. The number of carbonyl (C=O) groups is 1. The molecule has 0 spiro atoms. The van der Waals surface area contributed by atoms with E-state index in [1.807, 2.05) is 6.92 Å². The summed E-state index contributed by atoms with van der Waals surface area (Å²) in [7, 11) is 0. The average molecular weight is 463 g/mol. The van der Waals surface area contributed by atoms with E-state index in [2.05, 4.69) is 10.1 Å². The molecule has 2 atom stereocenters. The minimum absolute atomic E-state index is 0.0932. The lowest BCUT2D eigenvalue weighted by Crippen LogP contribution is -2.43. The predicted octanol–water partition coefficient (Wildman–Crippen LogP) is 2.64. The number of likely N-dealkylation sites (tertiary alicyclic amines) is 1. The van der Waals surface area contributed by atoms with Crippen molar-refractivity contribution in [2.24, 2.45) is 5.92 Å². The summed E-state index contributed by atoms with van der Waals surface area (Å²) >= 11 is 0. The summed E-state index contributed by atoms with van der Waals surface area (Å²) in [5, 5.41) is 4.10. The molecule has 1 amide bonds. The number of pyridine rings is 1. The van der Waals surface area contributed by atoms with Gasteiger partial charge in [-0.1, -0.05) is 6.92 Å². The molecular formula is C19H19F6N5O2. The van der Waals surface area contributed by atoms with Gasteiger partial charge in [0.25, 0.3) is 5.92 Å². The van der Waals surface area contributed by atoms with E-state index in [-0.39, 0.29) is 24.7 Å². The summed E-state index contributed by atoms with van der Waals surface area (Å²) in [6, 6.07) is -0.0515. The minimum atomic E-state index is -5.01. The smallest absolute Gasteiger partial charge is 0.335 e. The molecule has 174 valence electrons. The van der Waals surface area contributed by atoms with E-state index < -0.39 is 66.3 Å². The summed E-state index contributed by atoms with van der Waals surface area (Å²) in [4.78, 5) is 29.9. The summed E-state index contributed by atoms with van der Waals surface area (Å²) < 4.78 is 82.2. The minimum Gasteiger partial charge on any atom is -0.335 e. The molecule has 2 aliphatic heterocycles. The van der Waals surface area contributed by atoms with Crippen molar-refractivity contribution in [3.63, 3.8) is 0 Å². The third-order valence-corrected chi connectivity index (χ3v) is 5.73. The lowest BCUT2D eigenvalue weighted by molar-refractivity contribution is -0.143. The standard InChI is InChI=1S/C19H19F6N5O2/c1-10-6-12(16(31)28-5-3-18(21,22)9-28)30-13(7-10)27-29(17(30)32)8-11-2-4-26-15(14(11)20)19(23,24)25/h2,4,10,12H,3,5-9H2,1H3. The second-order valence-electron chi connectivity index (χ2n) is 8.28. The van der Waals surface area contributed by atoms with Crippen LogP contribution in [0.25, 0.3) is 0 Å². The Morgan fingerprint density at radius 3 is 2.66 bits per heavy atom. The molecule has 7 nitrogen and oxygen atoms in total. The van der Waals surface area contributed by atoms with Crippen LogP contribution in [0.2, 0.25) is 0 Å². The third kappa shape index (κ3) is 3.99. The molecule has 1 saturated heterocycles. The van der Waals surface area contributed by atoms with Gasteiger partial charge < -0.3 is 4.90 Å². The Morgan fingerprint density at radius 1 is 1.31 bits per heavy atom. The zero-order chi connectivity index (χ0) is 23.4. The van der Waals surface area contributed by atoms with Gasteiger partial charge in [0, 0.05) is 31.1 Å². The average Bonchev–Trinajstić information content (AvgIpc) is 3.20. The molecule has 0 N–H and O–H groups in total. The molecule has 4 heterocycles. The van der Waals surface area contributed by atoms with Crippen LogP contribution in [0.1, 0.15) is 42.9 Å². The van der Waals surface area contributed by atoms with Crippen LogP contribution in [0.15, 0.2) is 17.1 Å². The van der Waals surface area contributed by atoms with E-state index in [0.717, 1.165) is 26.4 Å². The van der Waals surface area contributed by atoms with Crippen molar-refractivity contribution in [2.75, 3.05) is 13.1 Å². The van der Waals surface area contributed by atoms with Gasteiger partial charge >= 0.3 is 11.9 Å². The molecule has 2 unspecified atom stereocenters. The highest BCUT2D eigenvalue weighted by Crippen LogP contribution is 2.33. The van der Waals surface area contributed by atoms with Gasteiger partial charge in [-0.2, -0.15) is 18.3 Å². The van der Waals surface area contributed by atoms with Crippen molar-refractivity contribution in [1.29, 1.82) is 0 Å². The number of halogens is 6. The molecule has 0 aliphatic carbocycles. The first-order chi connectivity index (χ1) is 14.9. The molecule has 2 aromatic heterocycles. The maximum atomic E-state index is 14.3. The van der Waals surface area contributed by atoms with Gasteiger partial charge in [0.15, 0.2) is 11.5 Å². The van der Waals surface area contributed by atoms with Crippen molar-refractivity contribution in [3.8, 4) is 0 Å². The van der Waals surface area contributed by atoms with Crippen LogP contribution in [0, 0.1) is 11.7 Å². The van der Waals surface area contributed by atoms with Crippen molar-refractivity contribution in [2.45, 2.75) is 50.9 Å². The zero-order valence-electron chi connectivity index (χ0n) is 16.9. The normalized spacial score (nSPS) is 22.8. The van der Waals surface area contributed by atoms with Gasteiger partial charge in [-0.05, 0) is 18.4 Å². The Kier molecular flexibility index (Phi) is 5.32. The fourth-order valence-corrected chi connectivity index (χ4v) is 4.21. The number of hydrogen-bond donors (Lipinski definition) is 0. The monoisotopic (exact) mass is 463 g/mol. The Balaban J connectivity index is 1.67. The van der Waals surface area contributed by atoms with E-state index in [0.29, 0.717) is 6.42 Å². The second-order valence-corrected chi connectivity index (χ2v) is 8.28. The first kappa shape index (κ1) is 22.3. The molecule has 4 rings (SSSR count). The van der Waals surface area contributed by atoms with Crippen LogP contribution in [0.5, 0.6) is 0 Å². The van der Waals surface area contributed by atoms with Crippen molar-refractivity contribution in [1.82, 2.24) is 24.2 Å². The summed E-state index contributed by atoms with van der Waals surface area (Å²) in [6.07, 6.45) is -4.17. The molecule has 0 aromatic carbocycles.